The van der Waals surface area contributed by atoms with E-state index in [1.165, 1.54) is 0 Å². The van der Waals surface area contributed by atoms with Gasteiger partial charge in [-0.2, -0.15) is 0 Å². The first-order chi connectivity index (χ1) is 7.16. The minimum atomic E-state index is 0.119. The van der Waals surface area contributed by atoms with Crippen LogP contribution in [-0.2, 0) is 0 Å². The highest BCUT2D eigenvalue weighted by molar-refractivity contribution is 7.80. The van der Waals surface area contributed by atoms with Gasteiger partial charge in [0.2, 0.25) is 0 Å². The first kappa shape index (κ1) is 11.9. The Morgan fingerprint density at radius 1 is 1.53 bits per heavy atom. The van der Waals surface area contributed by atoms with Crippen LogP contribution in [0.3, 0.4) is 0 Å². The van der Waals surface area contributed by atoms with Crippen LogP contribution in [0.25, 0.3) is 0 Å². The molecular formula is C11H15NO2S. The number of hydrogen-bond acceptors (Lipinski definition) is 3. The molecule has 0 amide bonds. The number of aliphatic hydroxyl groups excluding tert-OH is 1. The van der Waals surface area contributed by atoms with Crippen LogP contribution < -0.4 is 10.5 Å². The highest BCUT2D eigenvalue weighted by Gasteiger charge is 2.08. The molecule has 0 spiro atoms. The van der Waals surface area contributed by atoms with Crippen molar-refractivity contribution in [3.05, 3.63) is 29.3 Å². The van der Waals surface area contributed by atoms with E-state index in [9.17, 15) is 0 Å². The third kappa shape index (κ3) is 3.18. The Kier molecular flexibility index (Phi) is 4.52. The molecule has 0 saturated heterocycles. The van der Waals surface area contributed by atoms with Gasteiger partial charge in [-0.15, -0.1) is 0 Å². The second kappa shape index (κ2) is 5.68. The van der Waals surface area contributed by atoms with Crippen molar-refractivity contribution in [3.8, 4) is 5.75 Å². The molecule has 1 aromatic rings. The number of hydrogen-bond donors (Lipinski definition) is 2. The quantitative estimate of drug-likeness (QED) is 0.587. The largest absolute Gasteiger partial charge is 0.492 e. The minimum Gasteiger partial charge on any atom is -0.492 e. The molecule has 0 bridgehead atoms. The summed E-state index contributed by atoms with van der Waals surface area (Å²) in [6, 6.07) is 5.67. The Morgan fingerprint density at radius 2 is 2.27 bits per heavy atom. The normalized spacial score (nSPS) is 10.0. The van der Waals surface area contributed by atoms with Gasteiger partial charge in [-0.25, -0.2) is 0 Å². The van der Waals surface area contributed by atoms with Crippen LogP contribution in [0.15, 0.2) is 18.2 Å². The van der Waals surface area contributed by atoms with Gasteiger partial charge in [0.1, 0.15) is 10.7 Å². The maximum Gasteiger partial charge on any atom is 0.132 e. The standard InChI is InChI=1S/C11H15NO2S/c1-8-4-2-5-9(11(12)15)10(8)14-7-3-6-13/h2,4-5,13H,3,6-7H2,1H3,(H2,12,15). The summed E-state index contributed by atoms with van der Waals surface area (Å²) in [6.07, 6.45) is 0.602. The number of nitrogens with two attached hydrogens (primary N) is 1. The molecule has 0 unspecified atom stereocenters. The Morgan fingerprint density at radius 3 is 2.87 bits per heavy atom. The number of aryl methyl sites for hydroxylation is 1. The van der Waals surface area contributed by atoms with Crippen molar-refractivity contribution >= 4 is 17.2 Å². The second-order valence-corrected chi connectivity index (χ2v) is 3.68. The molecule has 4 heteroatoms. The molecular weight excluding hydrogens is 210 g/mol. The van der Waals surface area contributed by atoms with Crippen molar-refractivity contribution < 1.29 is 9.84 Å². The molecule has 0 radical (unpaired) electrons. The van der Waals surface area contributed by atoms with Gasteiger partial charge in [-0.1, -0.05) is 24.4 Å². The summed E-state index contributed by atoms with van der Waals surface area (Å²) in [5.74, 6) is 0.721. The molecule has 0 atom stereocenters. The monoisotopic (exact) mass is 225 g/mol. The van der Waals surface area contributed by atoms with Crippen molar-refractivity contribution in [2.45, 2.75) is 13.3 Å². The summed E-state index contributed by atoms with van der Waals surface area (Å²) in [4.78, 5) is 0.331. The van der Waals surface area contributed by atoms with Crippen LogP contribution in [0, 0.1) is 6.92 Å². The van der Waals surface area contributed by atoms with Crippen molar-refractivity contribution in [1.82, 2.24) is 0 Å². The summed E-state index contributed by atoms with van der Waals surface area (Å²) < 4.78 is 5.54. The number of aliphatic hydroxyl groups is 1. The van der Waals surface area contributed by atoms with Gasteiger partial charge in [-0.05, 0) is 18.6 Å². The van der Waals surface area contributed by atoms with E-state index in [1.54, 1.807) is 0 Å². The highest BCUT2D eigenvalue weighted by atomic mass is 32.1. The zero-order valence-corrected chi connectivity index (χ0v) is 9.51. The lowest BCUT2D eigenvalue weighted by atomic mass is 10.1. The van der Waals surface area contributed by atoms with E-state index in [0.29, 0.717) is 18.0 Å². The Balaban J connectivity index is 2.87. The van der Waals surface area contributed by atoms with Gasteiger partial charge in [0.05, 0.1) is 12.2 Å². The number of thiocarbonyl (C=S) groups is 1. The van der Waals surface area contributed by atoms with E-state index < -0.39 is 0 Å². The second-order valence-electron chi connectivity index (χ2n) is 3.24. The lowest BCUT2D eigenvalue weighted by Crippen LogP contribution is -2.13. The summed E-state index contributed by atoms with van der Waals surface area (Å²) in [5, 5.41) is 8.66. The fraction of sp³-hybridized carbons (Fsp3) is 0.364. The number of benzene rings is 1. The van der Waals surface area contributed by atoms with Gasteiger partial charge in [0.25, 0.3) is 0 Å². The Labute approximate surface area is 94.9 Å². The Hall–Kier alpha value is -1.13. The van der Waals surface area contributed by atoms with Crippen LogP contribution in [0.5, 0.6) is 5.75 Å². The molecule has 15 heavy (non-hydrogen) atoms. The van der Waals surface area contributed by atoms with Gasteiger partial charge in [-0.3, -0.25) is 0 Å². The van der Waals surface area contributed by atoms with Gasteiger partial charge < -0.3 is 15.6 Å². The first-order valence-electron chi connectivity index (χ1n) is 4.80. The lowest BCUT2D eigenvalue weighted by molar-refractivity contribution is 0.232. The fourth-order valence-corrected chi connectivity index (χ4v) is 1.44. The number of para-hydroxylation sites is 1. The van der Waals surface area contributed by atoms with Crippen LogP contribution in [0.1, 0.15) is 17.5 Å². The third-order valence-corrected chi connectivity index (χ3v) is 2.25. The summed E-state index contributed by atoms with van der Waals surface area (Å²) in [6.45, 7) is 2.53. The van der Waals surface area contributed by atoms with E-state index in [2.05, 4.69) is 0 Å². The zero-order chi connectivity index (χ0) is 11.3. The molecule has 0 fully saturated rings. The Bertz CT molecular complexity index is 352. The summed E-state index contributed by atoms with van der Waals surface area (Å²) in [5.41, 5.74) is 7.34. The van der Waals surface area contributed by atoms with Crippen LogP contribution in [-0.4, -0.2) is 23.3 Å². The molecule has 0 aliphatic heterocycles. The van der Waals surface area contributed by atoms with E-state index in [0.717, 1.165) is 16.9 Å². The molecule has 0 aliphatic rings. The number of ether oxygens (including phenoxy) is 1. The first-order valence-corrected chi connectivity index (χ1v) is 5.20. The molecule has 1 aromatic carbocycles. The smallest absolute Gasteiger partial charge is 0.132 e. The van der Waals surface area contributed by atoms with Crippen molar-refractivity contribution in [2.75, 3.05) is 13.2 Å². The molecule has 0 heterocycles. The summed E-state index contributed by atoms with van der Waals surface area (Å²) >= 11 is 4.94. The lowest BCUT2D eigenvalue weighted by Gasteiger charge is -2.12. The predicted molar refractivity (Wildman–Crippen MR) is 64.3 cm³/mol. The molecule has 1 rings (SSSR count). The fourth-order valence-electron chi connectivity index (χ4n) is 1.28. The van der Waals surface area contributed by atoms with E-state index in [1.807, 2.05) is 25.1 Å². The SMILES string of the molecule is Cc1cccc(C(N)=S)c1OCCCO. The molecule has 0 aliphatic carbocycles. The average molecular weight is 225 g/mol. The van der Waals surface area contributed by atoms with Crippen molar-refractivity contribution in [3.63, 3.8) is 0 Å². The van der Waals surface area contributed by atoms with Gasteiger partial charge >= 0.3 is 0 Å². The molecule has 3 N–H and O–H groups in total. The van der Waals surface area contributed by atoms with Gasteiger partial charge in [0, 0.05) is 13.0 Å². The highest BCUT2D eigenvalue weighted by Crippen LogP contribution is 2.23. The maximum atomic E-state index is 8.66. The van der Waals surface area contributed by atoms with Crippen LogP contribution in [0.4, 0.5) is 0 Å². The number of rotatable bonds is 5. The third-order valence-electron chi connectivity index (χ3n) is 2.03. The topological polar surface area (TPSA) is 55.5 Å². The van der Waals surface area contributed by atoms with Gasteiger partial charge in [0.15, 0.2) is 0 Å². The van der Waals surface area contributed by atoms with Crippen LogP contribution >= 0.6 is 12.2 Å². The predicted octanol–water partition coefficient (Wildman–Crippen LogP) is 1.39. The van der Waals surface area contributed by atoms with E-state index in [-0.39, 0.29) is 6.61 Å². The minimum absolute atomic E-state index is 0.119. The average Bonchev–Trinajstić information content (AvgIpc) is 2.20. The molecule has 0 aromatic heterocycles. The molecule has 0 saturated carbocycles. The van der Waals surface area contributed by atoms with Crippen molar-refractivity contribution in [2.24, 2.45) is 5.73 Å². The van der Waals surface area contributed by atoms with Crippen molar-refractivity contribution in [1.29, 1.82) is 0 Å². The van der Waals surface area contributed by atoms with E-state index >= 15 is 0 Å². The maximum absolute atomic E-state index is 8.66. The zero-order valence-electron chi connectivity index (χ0n) is 8.69. The summed E-state index contributed by atoms with van der Waals surface area (Å²) in [7, 11) is 0. The molecule has 3 nitrogen and oxygen atoms in total. The van der Waals surface area contributed by atoms with Crippen LogP contribution in [0.2, 0.25) is 0 Å². The van der Waals surface area contributed by atoms with E-state index in [4.69, 9.17) is 27.8 Å². The molecule has 82 valence electrons.